The van der Waals surface area contributed by atoms with Crippen LogP contribution in [0.25, 0.3) is 0 Å². The molecule has 0 unspecified atom stereocenters. The predicted molar refractivity (Wildman–Crippen MR) is 160 cm³/mol. The number of amidine groups is 2. The smallest absolute Gasteiger partial charge is 0.398 e. The molecular formula is C26H29ClF8N4S4. The molecule has 0 saturated carbocycles. The van der Waals surface area contributed by atoms with Crippen molar-refractivity contribution < 1.29 is 52.5 Å². The van der Waals surface area contributed by atoms with Crippen LogP contribution >= 0.6 is 47.0 Å². The summed E-state index contributed by atoms with van der Waals surface area (Å²) in [7, 11) is 0. The Morgan fingerprint density at radius 3 is 1.74 bits per heavy atom. The number of aryl methyl sites for hydroxylation is 2. The third-order valence-corrected chi connectivity index (χ3v) is 9.92. The number of thioether (sulfide) groups is 4. The van der Waals surface area contributed by atoms with Crippen molar-refractivity contribution in [2.45, 2.75) is 48.8 Å². The second-order valence-electron chi connectivity index (χ2n) is 9.10. The Labute approximate surface area is 267 Å². The molecule has 0 bridgehead atoms. The Morgan fingerprint density at radius 2 is 1.30 bits per heavy atom. The summed E-state index contributed by atoms with van der Waals surface area (Å²) in [5.41, 5.74) is 1.35. The Balaban J connectivity index is 0.000000293. The van der Waals surface area contributed by atoms with Crippen LogP contribution in [0.5, 0.6) is 0 Å². The van der Waals surface area contributed by atoms with E-state index in [0.29, 0.717) is 56.2 Å². The number of aliphatic imine (C=N–C) groups is 1. The minimum Gasteiger partial charge on any atom is -1.00 e. The molecule has 0 spiro atoms. The maximum absolute atomic E-state index is 13.9. The molecule has 0 aromatic heterocycles. The number of hydrogen-bond donors (Lipinski definition) is 3. The molecule has 0 saturated heterocycles. The highest BCUT2D eigenvalue weighted by atomic mass is 35.5. The Hall–Kier alpha value is -1.49. The number of rotatable bonds is 6. The summed E-state index contributed by atoms with van der Waals surface area (Å²) >= 11 is 4.35. The molecule has 4 rings (SSSR count). The van der Waals surface area contributed by atoms with Crippen LogP contribution < -0.4 is 28.0 Å². The summed E-state index contributed by atoms with van der Waals surface area (Å²) in [6.07, 6.45) is -6.49. The van der Waals surface area contributed by atoms with Gasteiger partial charge < -0.3 is 17.7 Å². The second kappa shape index (κ2) is 17.3. The first kappa shape index (κ1) is 37.7. The van der Waals surface area contributed by atoms with Crippen molar-refractivity contribution >= 4 is 68.8 Å². The summed E-state index contributed by atoms with van der Waals surface area (Å²) in [6.45, 7) is 4.68. The summed E-state index contributed by atoms with van der Waals surface area (Å²) in [6, 6.07) is 5.36. The summed E-state index contributed by atoms with van der Waals surface area (Å²) in [4.78, 5) is 8.16. The molecule has 2 aliphatic rings. The fraction of sp³-hybridized carbons (Fsp3) is 0.462. The number of hydrogen-bond acceptors (Lipinski definition) is 7. The molecular weight excluding hydrogens is 684 g/mol. The van der Waals surface area contributed by atoms with Crippen LogP contribution in [0, 0.1) is 25.5 Å². The van der Waals surface area contributed by atoms with Gasteiger partial charge in [0.25, 0.3) is 0 Å². The van der Waals surface area contributed by atoms with E-state index in [-0.39, 0.29) is 23.8 Å². The van der Waals surface area contributed by atoms with E-state index in [1.807, 2.05) is 0 Å². The van der Waals surface area contributed by atoms with Crippen LogP contribution in [-0.2, 0) is 0 Å². The zero-order valence-electron chi connectivity index (χ0n) is 22.9. The van der Waals surface area contributed by atoms with Crippen LogP contribution in [0.4, 0.5) is 46.5 Å². The van der Waals surface area contributed by atoms with E-state index in [1.165, 1.54) is 47.8 Å². The first-order chi connectivity index (χ1) is 19.7. The monoisotopic (exact) mass is 712 g/mol. The Morgan fingerprint density at radius 1 is 0.791 bits per heavy atom. The lowest BCUT2D eigenvalue weighted by atomic mass is 10.2. The van der Waals surface area contributed by atoms with Crippen molar-refractivity contribution in [3.8, 4) is 0 Å². The van der Waals surface area contributed by atoms with Gasteiger partial charge in [0.2, 0.25) is 0 Å². The van der Waals surface area contributed by atoms with Gasteiger partial charge >= 0.3 is 17.5 Å². The molecule has 2 aromatic carbocycles. The molecule has 2 aromatic rings. The molecule has 17 heteroatoms. The van der Waals surface area contributed by atoms with Crippen molar-refractivity contribution in [1.82, 2.24) is 0 Å². The molecule has 2 aliphatic heterocycles. The van der Waals surface area contributed by atoms with Gasteiger partial charge in [-0.3, -0.25) is 9.98 Å². The van der Waals surface area contributed by atoms with Gasteiger partial charge in [0.1, 0.15) is 5.82 Å². The quantitative estimate of drug-likeness (QED) is 0.304. The minimum atomic E-state index is -4.25. The average Bonchev–Trinajstić information content (AvgIpc) is 2.91. The zero-order chi connectivity index (χ0) is 30.9. The lowest BCUT2D eigenvalue weighted by Gasteiger charge is -2.16. The van der Waals surface area contributed by atoms with Crippen molar-refractivity contribution in [1.29, 1.82) is 0 Å². The van der Waals surface area contributed by atoms with E-state index in [1.54, 1.807) is 13.8 Å². The molecule has 240 valence electrons. The standard InChI is InChI=1S/2C13H14F4N2S2.ClH/c2*1-8-5-9(14)10(19-12-18-3-2-4-20-12)6-11(8)21-7-13(15,16)17;/h2*5-6H,2-4,7H2,1H3,(H,18,19);1H. The first-order valence-electron chi connectivity index (χ1n) is 12.6. The molecule has 4 nitrogen and oxygen atoms in total. The predicted octanol–water partition coefficient (Wildman–Crippen LogP) is 4.47. The lowest BCUT2D eigenvalue weighted by Crippen LogP contribution is -3.00. The van der Waals surface area contributed by atoms with Crippen molar-refractivity contribution in [3.63, 3.8) is 0 Å². The SMILES string of the molecule is Cc1cc(F)c(NC2=NCCCS2)cc1SCC(F)(F)F.Cc1cc(F)c(NC2=[NH+]CCCS2)cc1SCC(F)(F)F.[Cl-]. The van der Waals surface area contributed by atoms with Gasteiger partial charge in [0.15, 0.2) is 16.7 Å². The van der Waals surface area contributed by atoms with Gasteiger partial charge in [-0.25, -0.2) is 14.1 Å². The normalized spacial score (nSPS) is 15.4. The van der Waals surface area contributed by atoms with E-state index in [2.05, 4.69) is 20.6 Å². The highest BCUT2D eigenvalue weighted by Crippen LogP contribution is 2.34. The third-order valence-electron chi connectivity index (χ3n) is 5.45. The number of anilines is 2. The molecule has 2 heterocycles. The second-order valence-corrected chi connectivity index (χ2v) is 13.3. The molecule has 0 radical (unpaired) electrons. The van der Waals surface area contributed by atoms with Gasteiger partial charge in [-0.1, -0.05) is 11.8 Å². The molecule has 0 amide bonds. The number of halogens is 9. The van der Waals surface area contributed by atoms with E-state index in [0.717, 1.165) is 36.1 Å². The van der Waals surface area contributed by atoms with Gasteiger partial charge in [-0.15, -0.1) is 23.5 Å². The van der Waals surface area contributed by atoms with E-state index < -0.39 is 35.5 Å². The fourth-order valence-electron chi connectivity index (χ4n) is 3.48. The van der Waals surface area contributed by atoms with Gasteiger partial charge in [0.05, 0.1) is 23.7 Å². The average molecular weight is 713 g/mol. The van der Waals surface area contributed by atoms with Crippen molar-refractivity contribution in [3.05, 3.63) is 47.0 Å². The van der Waals surface area contributed by atoms with E-state index in [4.69, 9.17) is 0 Å². The molecule has 43 heavy (non-hydrogen) atoms. The first-order valence-corrected chi connectivity index (χ1v) is 16.6. The topological polar surface area (TPSA) is 50.4 Å². The molecule has 0 atom stereocenters. The van der Waals surface area contributed by atoms with Crippen molar-refractivity contribution in [2.75, 3.05) is 46.7 Å². The number of nitrogens with one attached hydrogen (secondary N) is 3. The van der Waals surface area contributed by atoms with Crippen LogP contribution in [-0.4, -0.2) is 58.8 Å². The maximum Gasteiger partial charge on any atom is 0.398 e. The summed E-state index contributed by atoms with van der Waals surface area (Å²) in [5, 5.41) is 7.11. The number of alkyl halides is 6. The van der Waals surface area contributed by atoms with E-state index >= 15 is 0 Å². The van der Waals surface area contributed by atoms with Gasteiger partial charge in [-0.05, 0) is 67.8 Å². The van der Waals surface area contributed by atoms with Crippen LogP contribution in [0.15, 0.2) is 39.0 Å². The number of nitrogens with zero attached hydrogens (tertiary/aromatic N) is 1. The Kier molecular flexibility index (Phi) is 15.1. The lowest BCUT2D eigenvalue weighted by molar-refractivity contribution is -0.454. The van der Waals surface area contributed by atoms with Crippen LogP contribution in [0.3, 0.4) is 0 Å². The van der Waals surface area contributed by atoms with E-state index in [9.17, 15) is 35.1 Å². The fourth-order valence-corrected chi connectivity index (χ4v) is 6.80. The summed E-state index contributed by atoms with van der Waals surface area (Å²) < 4.78 is 102. The highest BCUT2D eigenvalue weighted by molar-refractivity contribution is 8.14. The highest BCUT2D eigenvalue weighted by Gasteiger charge is 2.29. The minimum absolute atomic E-state index is 0. The van der Waals surface area contributed by atoms with Gasteiger partial charge in [0, 0.05) is 33.9 Å². The molecule has 0 aliphatic carbocycles. The van der Waals surface area contributed by atoms with Crippen LogP contribution in [0.2, 0.25) is 0 Å². The van der Waals surface area contributed by atoms with Crippen LogP contribution in [0.1, 0.15) is 24.0 Å². The molecule has 0 fully saturated rings. The largest absolute Gasteiger partial charge is 1.00 e. The maximum atomic E-state index is 13.9. The van der Waals surface area contributed by atoms with Crippen molar-refractivity contribution in [2.24, 2.45) is 4.99 Å². The van der Waals surface area contributed by atoms with Gasteiger partial charge in [-0.2, -0.15) is 26.3 Å². The summed E-state index contributed by atoms with van der Waals surface area (Å²) in [5.74, 6) is -1.10. The Bertz CT molecular complexity index is 1190. The number of benzene rings is 2. The zero-order valence-corrected chi connectivity index (χ0v) is 27.0. The molecule has 3 N–H and O–H groups in total. The third kappa shape index (κ3) is 13.6.